The minimum absolute atomic E-state index is 0.129. The summed E-state index contributed by atoms with van der Waals surface area (Å²) in [5.74, 6) is -0.632. The van der Waals surface area contributed by atoms with Gasteiger partial charge in [-0.2, -0.15) is 0 Å². The molecule has 0 aromatic heterocycles. The van der Waals surface area contributed by atoms with Gasteiger partial charge in [0.25, 0.3) is 0 Å². The summed E-state index contributed by atoms with van der Waals surface area (Å²) in [7, 11) is 0. The van der Waals surface area contributed by atoms with Gasteiger partial charge in [-0.1, -0.05) is 0 Å². The van der Waals surface area contributed by atoms with Crippen molar-refractivity contribution >= 4 is 6.09 Å². The minimum atomic E-state index is -0.561. The van der Waals surface area contributed by atoms with Crippen molar-refractivity contribution in [3.63, 3.8) is 0 Å². The smallest absolute Gasteiger partial charge is 0.410 e. The van der Waals surface area contributed by atoms with Gasteiger partial charge in [-0.3, -0.25) is 0 Å². The molecule has 0 radical (unpaired) electrons. The van der Waals surface area contributed by atoms with Crippen molar-refractivity contribution in [2.75, 3.05) is 6.54 Å². The first kappa shape index (κ1) is 14.6. The van der Waals surface area contributed by atoms with Crippen LogP contribution in [0.1, 0.15) is 45.2 Å². The van der Waals surface area contributed by atoms with Crippen molar-refractivity contribution in [2.24, 2.45) is 0 Å². The maximum Gasteiger partial charge on any atom is 0.410 e. The standard InChI is InChI=1S/C15H20FNO3/c1-15(2,3)20-14(19)17-6-4-5-13(17)10-7-11(16)9-12(18)8-10/h7-9,13,18H,4-6H2,1-3H3. The molecule has 1 unspecified atom stereocenters. The summed E-state index contributed by atoms with van der Waals surface area (Å²) in [5, 5.41) is 9.49. The van der Waals surface area contributed by atoms with Crippen LogP contribution in [0.4, 0.5) is 9.18 Å². The van der Waals surface area contributed by atoms with Crippen LogP contribution in [0.25, 0.3) is 0 Å². The number of carbonyl (C=O) groups is 1. The Hall–Kier alpha value is -1.78. The molecule has 0 bridgehead atoms. The van der Waals surface area contributed by atoms with E-state index in [2.05, 4.69) is 0 Å². The summed E-state index contributed by atoms with van der Waals surface area (Å²) in [6.45, 7) is 6.01. The van der Waals surface area contributed by atoms with E-state index in [0.717, 1.165) is 18.9 Å². The molecule has 1 heterocycles. The van der Waals surface area contributed by atoms with E-state index in [1.807, 2.05) is 20.8 Å². The maximum absolute atomic E-state index is 13.4. The molecular weight excluding hydrogens is 261 g/mol. The highest BCUT2D eigenvalue weighted by Gasteiger charge is 2.33. The van der Waals surface area contributed by atoms with Crippen molar-refractivity contribution in [3.8, 4) is 5.75 Å². The van der Waals surface area contributed by atoms with E-state index < -0.39 is 17.5 Å². The van der Waals surface area contributed by atoms with Crippen LogP contribution >= 0.6 is 0 Å². The van der Waals surface area contributed by atoms with Crippen molar-refractivity contribution < 1.29 is 19.0 Å². The Morgan fingerprint density at radius 1 is 1.40 bits per heavy atom. The summed E-state index contributed by atoms with van der Waals surface area (Å²) in [4.78, 5) is 13.8. The summed E-state index contributed by atoms with van der Waals surface area (Å²) in [5.41, 5.74) is 0.0414. The number of nitrogens with zero attached hydrogens (tertiary/aromatic N) is 1. The van der Waals surface area contributed by atoms with E-state index in [-0.39, 0.29) is 11.8 Å². The summed E-state index contributed by atoms with van der Waals surface area (Å²) in [6.07, 6.45) is 1.17. The number of hydrogen-bond donors (Lipinski definition) is 1. The van der Waals surface area contributed by atoms with Gasteiger partial charge in [-0.25, -0.2) is 9.18 Å². The van der Waals surface area contributed by atoms with Gasteiger partial charge in [-0.15, -0.1) is 0 Å². The third kappa shape index (κ3) is 3.40. The first-order valence-corrected chi connectivity index (χ1v) is 6.75. The molecular formula is C15H20FNO3. The van der Waals surface area contributed by atoms with Crippen LogP contribution in [0.2, 0.25) is 0 Å². The fourth-order valence-electron chi connectivity index (χ4n) is 2.44. The van der Waals surface area contributed by atoms with Gasteiger partial charge in [0.1, 0.15) is 17.2 Å². The second-order valence-electron chi connectivity index (χ2n) is 6.07. The highest BCUT2D eigenvalue weighted by atomic mass is 19.1. The molecule has 0 saturated carbocycles. The lowest BCUT2D eigenvalue weighted by Gasteiger charge is -2.28. The number of likely N-dealkylation sites (tertiary alicyclic amines) is 1. The second-order valence-corrected chi connectivity index (χ2v) is 6.07. The number of phenolic OH excluding ortho intramolecular Hbond substituents is 1. The van der Waals surface area contributed by atoms with Gasteiger partial charge in [0.05, 0.1) is 6.04 Å². The number of rotatable bonds is 1. The molecule has 0 aliphatic carbocycles. The number of hydrogen-bond acceptors (Lipinski definition) is 3. The SMILES string of the molecule is CC(C)(C)OC(=O)N1CCCC1c1cc(O)cc(F)c1. The zero-order valence-corrected chi connectivity index (χ0v) is 12.0. The third-order valence-electron chi connectivity index (χ3n) is 3.17. The number of phenols is 1. The predicted molar refractivity (Wildman–Crippen MR) is 73.0 cm³/mol. The number of aromatic hydroxyl groups is 1. The Balaban J connectivity index is 2.20. The Morgan fingerprint density at radius 3 is 2.70 bits per heavy atom. The number of carbonyl (C=O) groups excluding carboxylic acids is 1. The molecule has 110 valence electrons. The summed E-state index contributed by atoms with van der Waals surface area (Å²) in [6, 6.07) is 3.66. The van der Waals surface area contributed by atoms with Crippen molar-refractivity contribution in [3.05, 3.63) is 29.6 Å². The molecule has 4 nitrogen and oxygen atoms in total. The lowest BCUT2D eigenvalue weighted by Crippen LogP contribution is -2.36. The average molecular weight is 281 g/mol. The van der Waals surface area contributed by atoms with Crippen LogP contribution in [0.5, 0.6) is 5.75 Å². The van der Waals surface area contributed by atoms with Crippen LogP contribution < -0.4 is 0 Å². The number of halogens is 1. The van der Waals surface area contributed by atoms with Gasteiger partial charge in [0.15, 0.2) is 0 Å². The van der Waals surface area contributed by atoms with E-state index in [0.29, 0.717) is 12.1 Å². The van der Waals surface area contributed by atoms with Crippen molar-refractivity contribution in [2.45, 2.75) is 45.3 Å². The molecule has 5 heteroatoms. The summed E-state index contributed by atoms with van der Waals surface area (Å²) < 4.78 is 18.8. The lowest BCUT2D eigenvalue weighted by molar-refractivity contribution is 0.0224. The molecule has 20 heavy (non-hydrogen) atoms. The van der Waals surface area contributed by atoms with Crippen LogP contribution in [0.3, 0.4) is 0 Å². The molecule has 0 spiro atoms. The molecule has 1 aromatic carbocycles. The molecule has 1 atom stereocenters. The van der Waals surface area contributed by atoms with E-state index in [4.69, 9.17) is 4.74 Å². The van der Waals surface area contributed by atoms with E-state index in [1.165, 1.54) is 12.1 Å². The van der Waals surface area contributed by atoms with Crippen LogP contribution in [-0.4, -0.2) is 28.2 Å². The Bertz CT molecular complexity index is 490. The van der Waals surface area contributed by atoms with Crippen LogP contribution in [0.15, 0.2) is 18.2 Å². The Kier molecular flexibility index (Phi) is 3.88. The molecule has 2 rings (SSSR count). The molecule has 1 saturated heterocycles. The highest BCUT2D eigenvalue weighted by molar-refractivity contribution is 5.69. The normalized spacial score (nSPS) is 19.2. The quantitative estimate of drug-likeness (QED) is 0.855. The third-order valence-corrected chi connectivity index (χ3v) is 3.17. The number of amides is 1. The molecule has 1 N–H and O–H groups in total. The van der Waals surface area contributed by atoms with E-state index in [9.17, 15) is 14.3 Å². The predicted octanol–water partition coefficient (Wildman–Crippen LogP) is 3.60. The van der Waals surface area contributed by atoms with Gasteiger partial charge in [0.2, 0.25) is 0 Å². The lowest BCUT2D eigenvalue weighted by atomic mass is 10.0. The maximum atomic E-state index is 13.4. The topological polar surface area (TPSA) is 49.8 Å². The van der Waals surface area contributed by atoms with Gasteiger partial charge in [0, 0.05) is 12.6 Å². The van der Waals surface area contributed by atoms with Crippen molar-refractivity contribution in [1.29, 1.82) is 0 Å². The first-order chi connectivity index (χ1) is 9.26. The van der Waals surface area contributed by atoms with Gasteiger partial charge in [-0.05, 0) is 51.3 Å². The van der Waals surface area contributed by atoms with Crippen LogP contribution in [0, 0.1) is 5.82 Å². The van der Waals surface area contributed by atoms with E-state index in [1.54, 1.807) is 4.90 Å². The number of benzene rings is 1. The van der Waals surface area contributed by atoms with Gasteiger partial charge < -0.3 is 14.7 Å². The Morgan fingerprint density at radius 2 is 2.10 bits per heavy atom. The van der Waals surface area contributed by atoms with Crippen LogP contribution in [-0.2, 0) is 4.74 Å². The first-order valence-electron chi connectivity index (χ1n) is 6.75. The van der Waals surface area contributed by atoms with Gasteiger partial charge >= 0.3 is 6.09 Å². The number of ether oxygens (including phenoxy) is 1. The molecule has 1 aromatic rings. The molecule has 1 amide bonds. The molecule has 1 aliphatic heterocycles. The molecule has 1 aliphatic rings. The zero-order valence-electron chi connectivity index (χ0n) is 12.0. The average Bonchev–Trinajstić information content (AvgIpc) is 2.73. The fraction of sp³-hybridized carbons (Fsp3) is 0.533. The highest BCUT2D eigenvalue weighted by Crippen LogP contribution is 2.34. The molecule has 1 fully saturated rings. The largest absolute Gasteiger partial charge is 0.508 e. The zero-order chi connectivity index (χ0) is 14.9. The second kappa shape index (κ2) is 5.31. The van der Waals surface area contributed by atoms with Crippen molar-refractivity contribution in [1.82, 2.24) is 4.90 Å². The van der Waals surface area contributed by atoms with E-state index >= 15 is 0 Å². The summed E-state index contributed by atoms with van der Waals surface area (Å²) >= 11 is 0. The monoisotopic (exact) mass is 281 g/mol. The fourth-order valence-corrected chi connectivity index (χ4v) is 2.44. The Labute approximate surface area is 118 Å². The minimum Gasteiger partial charge on any atom is -0.508 e.